The smallest absolute Gasteiger partial charge is 0.162 e. The van der Waals surface area contributed by atoms with Crippen LogP contribution in [0.5, 0.6) is 11.5 Å². The molecule has 0 aromatic heterocycles. The molecular formula is C16H24ClNO3. The van der Waals surface area contributed by atoms with Crippen molar-refractivity contribution in [2.24, 2.45) is 11.7 Å². The molecular weight excluding hydrogens is 290 g/mol. The van der Waals surface area contributed by atoms with Gasteiger partial charge in [-0.15, -0.1) is 0 Å². The summed E-state index contributed by atoms with van der Waals surface area (Å²) in [5, 5.41) is 0.595. The Morgan fingerprint density at radius 2 is 1.90 bits per heavy atom. The van der Waals surface area contributed by atoms with E-state index in [2.05, 4.69) is 6.92 Å². The summed E-state index contributed by atoms with van der Waals surface area (Å²) < 4.78 is 17.0. The fourth-order valence-electron chi connectivity index (χ4n) is 2.70. The van der Waals surface area contributed by atoms with Gasteiger partial charge in [-0.1, -0.05) is 18.5 Å². The van der Waals surface area contributed by atoms with Gasteiger partial charge >= 0.3 is 0 Å². The van der Waals surface area contributed by atoms with Crippen LogP contribution < -0.4 is 15.2 Å². The van der Waals surface area contributed by atoms with Crippen LogP contribution in [-0.2, 0) is 4.74 Å². The van der Waals surface area contributed by atoms with Crippen molar-refractivity contribution in [3.63, 3.8) is 0 Å². The molecule has 0 spiro atoms. The molecule has 2 rings (SSSR count). The van der Waals surface area contributed by atoms with Crippen LogP contribution in [0.1, 0.15) is 38.8 Å². The Kier molecular flexibility index (Phi) is 5.73. The van der Waals surface area contributed by atoms with E-state index in [1.807, 2.05) is 19.9 Å². The monoisotopic (exact) mass is 313 g/mol. The Hall–Kier alpha value is -0.970. The van der Waals surface area contributed by atoms with Gasteiger partial charge in [-0.3, -0.25) is 0 Å². The minimum Gasteiger partial charge on any atom is -0.490 e. The Labute approximate surface area is 131 Å². The lowest BCUT2D eigenvalue weighted by atomic mass is 9.93. The van der Waals surface area contributed by atoms with Gasteiger partial charge in [0.25, 0.3) is 0 Å². The molecule has 1 aliphatic heterocycles. The number of nitrogens with two attached hydrogens (primary N) is 1. The van der Waals surface area contributed by atoms with E-state index < -0.39 is 0 Å². The van der Waals surface area contributed by atoms with Crippen LogP contribution in [0.2, 0.25) is 5.02 Å². The van der Waals surface area contributed by atoms with Gasteiger partial charge in [-0.05, 0) is 37.8 Å². The van der Waals surface area contributed by atoms with Crippen molar-refractivity contribution in [2.75, 3.05) is 19.8 Å². The summed E-state index contributed by atoms with van der Waals surface area (Å²) in [7, 11) is 0. The van der Waals surface area contributed by atoms with E-state index in [1.54, 1.807) is 6.07 Å². The van der Waals surface area contributed by atoms with Crippen molar-refractivity contribution < 1.29 is 14.2 Å². The minimum atomic E-state index is -0.259. The van der Waals surface area contributed by atoms with Gasteiger partial charge in [0.1, 0.15) is 0 Å². The second-order valence-corrected chi connectivity index (χ2v) is 5.72. The SMILES string of the molecule is CCOc1cc(Cl)c(C(N)C2OCCC2C)cc1OCC. The Balaban J connectivity index is 2.31. The largest absolute Gasteiger partial charge is 0.490 e. The molecule has 0 bridgehead atoms. The van der Waals surface area contributed by atoms with Gasteiger partial charge in [0.15, 0.2) is 11.5 Å². The molecule has 1 fully saturated rings. The first-order valence-electron chi connectivity index (χ1n) is 7.54. The lowest BCUT2D eigenvalue weighted by Crippen LogP contribution is -2.30. The molecule has 2 N–H and O–H groups in total. The van der Waals surface area contributed by atoms with Crippen LogP contribution in [0, 0.1) is 5.92 Å². The van der Waals surface area contributed by atoms with Crippen molar-refractivity contribution in [1.82, 2.24) is 0 Å². The molecule has 118 valence electrons. The Bertz CT molecular complexity index is 481. The van der Waals surface area contributed by atoms with Crippen LogP contribution in [0.15, 0.2) is 12.1 Å². The van der Waals surface area contributed by atoms with Gasteiger partial charge < -0.3 is 19.9 Å². The lowest BCUT2D eigenvalue weighted by molar-refractivity contribution is 0.0724. The molecule has 0 amide bonds. The predicted molar refractivity (Wildman–Crippen MR) is 84.2 cm³/mol. The van der Waals surface area contributed by atoms with E-state index in [0.717, 1.165) is 18.6 Å². The number of hydrogen-bond acceptors (Lipinski definition) is 4. The molecule has 0 aliphatic carbocycles. The number of rotatable bonds is 6. The summed E-state index contributed by atoms with van der Waals surface area (Å²) in [5.41, 5.74) is 7.22. The molecule has 21 heavy (non-hydrogen) atoms. The van der Waals surface area contributed by atoms with Crippen molar-refractivity contribution in [1.29, 1.82) is 0 Å². The first-order valence-corrected chi connectivity index (χ1v) is 7.92. The standard InChI is InChI=1S/C16H24ClNO3/c1-4-19-13-8-11(12(17)9-14(13)20-5-2)15(18)16-10(3)6-7-21-16/h8-10,15-16H,4-7,18H2,1-3H3. The van der Waals surface area contributed by atoms with Crippen LogP contribution in [-0.4, -0.2) is 25.9 Å². The first kappa shape index (κ1) is 16.4. The van der Waals surface area contributed by atoms with Gasteiger partial charge in [0.05, 0.1) is 25.4 Å². The molecule has 0 radical (unpaired) electrons. The topological polar surface area (TPSA) is 53.7 Å². The third kappa shape index (κ3) is 3.62. The number of halogens is 1. The number of hydrogen-bond donors (Lipinski definition) is 1. The zero-order valence-electron chi connectivity index (χ0n) is 12.9. The maximum atomic E-state index is 6.39. The molecule has 1 aliphatic rings. The molecule has 4 nitrogen and oxygen atoms in total. The molecule has 3 atom stereocenters. The highest BCUT2D eigenvalue weighted by atomic mass is 35.5. The highest BCUT2D eigenvalue weighted by Crippen LogP contribution is 2.39. The normalized spacial score (nSPS) is 23.1. The Morgan fingerprint density at radius 3 is 2.43 bits per heavy atom. The average molecular weight is 314 g/mol. The van der Waals surface area contributed by atoms with Gasteiger partial charge in [0.2, 0.25) is 0 Å². The van der Waals surface area contributed by atoms with Gasteiger partial charge in [0, 0.05) is 17.7 Å². The maximum absolute atomic E-state index is 6.39. The molecule has 3 unspecified atom stereocenters. The second kappa shape index (κ2) is 7.34. The third-order valence-electron chi connectivity index (χ3n) is 3.82. The summed E-state index contributed by atoms with van der Waals surface area (Å²) in [6.45, 7) is 7.90. The van der Waals surface area contributed by atoms with Crippen molar-refractivity contribution in [3.8, 4) is 11.5 Å². The predicted octanol–water partition coefficient (Wildman–Crippen LogP) is 3.56. The van der Waals surface area contributed by atoms with Crippen LogP contribution in [0.4, 0.5) is 0 Å². The summed E-state index contributed by atoms with van der Waals surface area (Å²) in [6, 6.07) is 3.41. The van der Waals surface area contributed by atoms with Gasteiger partial charge in [-0.2, -0.15) is 0 Å². The van der Waals surface area contributed by atoms with E-state index in [-0.39, 0.29) is 12.1 Å². The Morgan fingerprint density at radius 1 is 1.29 bits per heavy atom. The summed E-state index contributed by atoms with van der Waals surface area (Å²) >= 11 is 6.39. The molecule has 1 heterocycles. The quantitative estimate of drug-likeness (QED) is 0.872. The summed E-state index contributed by atoms with van der Waals surface area (Å²) in [4.78, 5) is 0. The highest BCUT2D eigenvalue weighted by molar-refractivity contribution is 6.31. The molecule has 1 aromatic carbocycles. The van der Waals surface area contributed by atoms with Crippen molar-refractivity contribution >= 4 is 11.6 Å². The van der Waals surface area contributed by atoms with Crippen LogP contribution in [0.25, 0.3) is 0 Å². The zero-order chi connectivity index (χ0) is 15.4. The van der Waals surface area contributed by atoms with E-state index >= 15 is 0 Å². The molecule has 0 saturated carbocycles. The van der Waals surface area contributed by atoms with E-state index in [1.165, 1.54) is 0 Å². The number of ether oxygens (including phenoxy) is 3. The van der Waals surface area contributed by atoms with Crippen molar-refractivity contribution in [3.05, 3.63) is 22.7 Å². The molecule has 1 saturated heterocycles. The molecule has 1 aromatic rings. The van der Waals surface area contributed by atoms with E-state index in [4.69, 9.17) is 31.5 Å². The summed E-state index contributed by atoms with van der Waals surface area (Å²) in [6.07, 6.45) is 1.03. The van der Waals surface area contributed by atoms with E-state index in [9.17, 15) is 0 Å². The highest BCUT2D eigenvalue weighted by Gasteiger charge is 2.32. The minimum absolute atomic E-state index is 0.00470. The number of benzene rings is 1. The third-order valence-corrected chi connectivity index (χ3v) is 4.15. The van der Waals surface area contributed by atoms with Gasteiger partial charge in [-0.25, -0.2) is 0 Å². The molecule has 5 heteroatoms. The zero-order valence-corrected chi connectivity index (χ0v) is 13.7. The summed E-state index contributed by atoms with van der Waals surface area (Å²) in [5.74, 6) is 1.76. The second-order valence-electron chi connectivity index (χ2n) is 5.31. The lowest BCUT2D eigenvalue weighted by Gasteiger charge is -2.24. The first-order chi connectivity index (χ1) is 10.1. The fourth-order valence-corrected chi connectivity index (χ4v) is 2.98. The van der Waals surface area contributed by atoms with Crippen LogP contribution >= 0.6 is 11.6 Å². The van der Waals surface area contributed by atoms with E-state index in [0.29, 0.717) is 35.7 Å². The maximum Gasteiger partial charge on any atom is 0.162 e. The average Bonchev–Trinajstić information content (AvgIpc) is 2.87. The fraction of sp³-hybridized carbons (Fsp3) is 0.625. The van der Waals surface area contributed by atoms with Crippen molar-refractivity contribution in [2.45, 2.75) is 39.3 Å². The van der Waals surface area contributed by atoms with Crippen LogP contribution in [0.3, 0.4) is 0 Å².